The van der Waals surface area contributed by atoms with Gasteiger partial charge in [0.05, 0.1) is 5.25 Å². The van der Waals surface area contributed by atoms with Crippen LogP contribution in [0.15, 0.2) is 59.8 Å². The van der Waals surface area contributed by atoms with E-state index in [0.29, 0.717) is 23.4 Å². The zero-order chi connectivity index (χ0) is 23.1. The van der Waals surface area contributed by atoms with E-state index in [4.69, 9.17) is 10.6 Å². The molecular formula is C24H31N5O2S. The van der Waals surface area contributed by atoms with Gasteiger partial charge in [0.2, 0.25) is 11.1 Å². The third-order valence-corrected chi connectivity index (χ3v) is 6.31. The van der Waals surface area contributed by atoms with Crippen LogP contribution in [0.4, 0.5) is 0 Å². The lowest BCUT2D eigenvalue weighted by Gasteiger charge is -2.15. The molecule has 0 spiro atoms. The van der Waals surface area contributed by atoms with Crippen LogP contribution < -0.4 is 15.9 Å². The molecule has 1 amide bonds. The Balaban J connectivity index is 1.50. The molecule has 1 heterocycles. The van der Waals surface area contributed by atoms with Gasteiger partial charge < -0.3 is 15.9 Å². The summed E-state index contributed by atoms with van der Waals surface area (Å²) >= 11 is 1.27. The average Bonchev–Trinajstić information content (AvgIpc) is 3.15. The lowest BCUT2D eigenvalue weighted by molar-refractivity contribution is -0.120. The molecule has 0 bridgehead atoms. The van der Waals surface area contributed by atoms with Gasteiger partial charge in [0.25, 0.3) is 0 Å². The first-order chi connectivity index (χ1) is 15.3. The van der Waals surface area contributed by atoms with Crippen LogP contribution in [0.3, 0.4) is 0 Å². The Morgan fingerprint density at radius 1 is 1.03 bits per heavy atom. The Hall–Kier alpha value is -3.00. The molecule has 2 aromatic carbocycles. The minimum atomic E-state index is -0.359. The van der Waals surface area contributed by atoms with E-state index in [1.807, 2.05) is 49.4 Å². The number of amides is 1. The lowest BCUT2D eigenvalue weighted by Crippen LogP contribution is -2.34. The van der Waals surface area contributed by atoms with E-state index in [0.717, 1.165) is 5.75 Å². The molecule has 0 fully saturated rings. The van der Waals surface area contributed by atoms with Crippen molar-refractivity contribution in [2.75, 3.05) is 12.4 Å². The molecule has 2 unspecified atom stereocenters. The molecule has 3 N–H and O–H groups in total. The normalized spacial score (nSPS) is 13.0. The SMILES string of the molecule is CC(Sc1nnc(COc2ccc(C(C)C)cc2)n1N)C(=O)NCC(C)c1ccccc1. The predicted octanol–water partition coefficient (Wildman–Crippen LogP) is 4.09. The van der Waals surface area contributed by atoms with Gasteiger partial charge in [-0.2, -0.15) is 0 Å². The van der Waals surface area contributed by atoms with Crippen LogP contribution in [0, 0.1) is 0 Å². The Morgan fingerprint density at radius 2 is 1.72 bits per heavy atom. The third-order valence-electron chi connectivity index (χ3n) is 5.25. The monoisotopic (exact) mass is 453 g/mol. The van der Waals surface area contributed by atoms with Crippen molar-refractivity contribution in [1.82, 2.24) is 20.2 Å². The summed E-state index contributed by atoms with van der Waals surface area (Å²) in [7, 11) is 0. The number of thioether (sulfide) groups is 1. The van der Waals surface area contributed by atoms with Gasteiger partial charge in [-0.3, -0.25) is 4.79 Å². The number of hydrogen-bond donors (Lipinski definition) is 2. The van der Waals surface area contributed by atoms with Gasteiger partial charge in [-0.1, -0.05) is 75.0 Å². The van der Waals surface area contributed by atoms with Crippen molar-refractivity contribution in [3.05, 3.63) is 71.5 Å². The van der Waals surface area contributed by atoms with E-state index in [1.54, 1.807) is 0 Å². The number of carbonyl (C=O) groups is 1. The lowest BCUT2D eigenvalue weighted by atomic mass is 10.0. The van der Waals surface area contributed by atoms with Crippen LogP contribution in [-0.2, 0) is 11.4 Å². The van der Waals surface area contributed by atoms with Crippen molar-refractivity contribution in [2.45, 2.75) is 56.5 Å². The highest BCUT2D eigenvalue weighted by atomic mass is 32.2. The molecule has 0 saturated carbocycles. The van der Waals surface area contributed by atoms with Gasteiger partial charge in [-0.05, 0) is 42.0 Å². The number of nitrogens with zero attached hydrogens (tertiary/aromatic N) is 3. The van der Waals surface area contributed by atoms with Crippen molar-refractivity contribution in [3.8, 4) is 5.75 Å². The highest BCUT2D eigenvalue weighted by Gasteiger charge is 2.20. The van der Waals surface area contributed by atoms with E-state index in [-0.39, 0.29) is 23.7 Å². The molecule has 3 aromatic rings. The maximum Gasteiger partial charge on any atom is 0.233 e. The van der Waals surface area contributed by atoms with Crippen LogP contribution in [-0.4, -0.2) is 32.6 Å². The summed E-state index contributed by atoms with van der Waals surface area (Å²) in [6.45, 7) is 8.98. The molecule has 8 heteroatoms. The van der Waals surface area contributed by atoms with Gasteiger partial charge in [-0.15, -0.1) is 10.2 Å². The number of nitrogen functional groups attached to an aromatic ring is 1. The molecule has 32 heavy (non-hydrogen) atoms. The van der Waals surface area contributed by atoms with Crippen molar-refractivity contribution in [3.63, 3.8) is 0 Å². The zero-order valence-electron chi connectivity index (χ0n) is 19.0. The number of aromatic nitrogens is 3. The minimum absolute atomic E-state index is 0.0659. The molecule has 3 rings (SSSR count). The van der Waals surface area contributed by atoms with E-state index in [2.05, 4.69) is 48.4 Å². The average molecular weight is 454 g/mol. The Morgan fingerprint density at radius 3 is 2.38 bits per heavy atom. The number of rotatable bonds is 10. The van der Waals surface area contributed by atoms with Gasteiger partial charge in [0.15, 0.2) is 5.82 Å². The molecule has 0 radical (unpaired) electrons. The highest BCUT2D eigenvalue weighted by molar-refractivity contribution is 8.00. The molecule has 0 aliphatic heterocycles. The molecule has 7 nitrogen and oxygen atoms in total. The summed E-state index contributed by atoms with van der Waals surface area (Å²) in [4.78, 5) is 12.5. The largest absolute Gasteiger partial charge is 0.486 e. The van der Waals surface area contributed by atoms with Crippen molar-refractivity contribution >= 4 is 17.7 Å². The second-order valence-electron chi connectivity index (χ2n) is 8.10. The second kappa shape index (κ2) is 11.0. The first kappa shape index (κ1) is 23.7. The number of benzene rings is 2. The standard InChI is InChI=1S/C24H31N5O2S/c1-16(2)19-10-12-21(13-11-19)31-15-22-27-28-24(29(22)25)32-18(4)23(30)26-14-17(3)20-8-6-5-7-9-20/h5-13,16-18H,14-15,25H2,1-4H3,(H,26,30). The smallest absolute Gasteiger partial charge is 0.233 e. The first-order valence-corrected chi connectivity index (χ1v) is 11.6. The molecule has 0 aliphatic carbocycles. The van der Waals surface area contributed by atoms with Gasteiger partial charge in [-0.25, -0.2) is 4.68 Å². The maximum atomic E-state index is 12.5. The molecule has 1 aromatic heterocycles. The van der Waals surface area contributed by atoms with Crippen LogP contribution in [0.2, 0.25) is 0 Å². The number of carbonyl (C=O) groups excluding carboxylic acids is 1. The van der Waals surface area contributed by atoms with Crippen molar-refractivity contribution in [1.29, 1.82) is 0 Å². The molecule has 0 saturated heterocycles. The predicted molar refractivity (Wildman–Crippen MR) is 128 cm³/mol. The molecule has 170 valence electrons. The van der Waals surface area contributed by atoms with Crippen LogP contribution in [0.5, 0.6) is 5.75 Å². The van der Waals surface area contributed by atoms with Crippen LogP contribution in [0.1, 0.15) is 56.5 Å². The summed E-state index contributed by atoms with van der Waals surface area (Å²) in [6.07, 6.45) is 0. The fourth-order valence-electron chi connectivity index (χ4n) is 3.09. The molecular weight excluding hydrogens is 422 g/mol. The van der Waals surface area contributed by atoms with E-state index < -0.39 is 0 Å². The number of nitrogens with one attached hydrogen (secondary N) is 1. The van der Waals surface area contributed by atoms with E-state index >= 15 is 0 Å². The Kier molecular flexibility index (Phi) is 8.16. The summed E-state index contributed by atoms with van der Waals surface area (Å²) in [6, 6.07) is 18.1. The summed E-state index contributed by atoms with van der Waals surface area (Å²) in [5, 5.41) is 11.3. The van der Waals surface area contributed by atoms with Crippen LogP contribution >= 0.6 is 11.8 Å². The molecule has 0 aliphatic rings. The molecule has 2 atom stereocenters. The van der Waals surface area contributed by atoms with Gasteiger partial charge in [0.1, 0.15) is 12.4 Å². The van der Waals surface area contributed by atoms with E-state index in [9.17, 15) is 4.79 Å². The van der Waals surface area contributed by atoms with Crippen molar-refractivity contribution < 1.29 is 9.53 Å². The van der Waals surface area contributed by atoms with E-state index in [1.165, 1.54) is 27.6 Å². The first-order valence-electron chi connectivity index (χ1n) is 10.8. The number of ether oxygens (including phenoxy) is 1. The van der Waals surface area contributed by atoms with Gasteiger partial charge >= 0.3 is 0 Å². The fourth-order valence-corrected chi connectivity index (χ4v) is 3.90. The Labute approximate surface area is 193 Å². The number of nitrogens with two attached hydrogens (primary N) is 1. The van der Waals surface area contributed by atoms with Crippen molar-refractivity contribution in [2.24, 2.45) is 0 Å². The highest BCUT2D eigenvalue weighted by Crippen LogP contribution is 2.23. The third kappa shape index (κ3) is 6.26. The summed E-state index contributed by atoms with van der Waals surface area (Å²) in [5.41, 5.74) is 2.45. The van der Waals surface area contributed by atoms with Gasteiger partial charge in [0, 0.05) is 6.54 Å². The zero-order valence-corrected chi connectivity index (χ0v) is 19.8. The quantitative estimate of drug-likeness (QED) is 0.355. The van der Waals surface area contributed by atoms with Crippen LogP contribution in [0.25, 0.3) is 0 Å². The second-order valence-corrected chi connectivity index (χ2v) is 9.41. The maximum absolute atomic E-state index is 12.5. The Bertz CT molecular complexity index is 1000. The minimum Gasteiger partial charge on any atom is -0.486 e. The topological polar surface area (TPSA) is 95.1 Å². The summed E-state index contributed by atoms with van der Waals surface area (Å²) < 4.78 is 7.17. The number of hydrogen-bond acceptors (Lipinski definition) is 6. The summed E-state index contributed by atoms with van der Waals surface area (Å²) in [5.74, 6) is 8.00. The fraction of sp³-hybridized carbons (Fsp3) is 0.375.